The van der Waals surface area contributed by atoms with Gasteiger partial charge < -0.3 is 5.32 Å². The van der Waals surface area contributed by atoms with Crippen molar-refractivity contribution in [1.82, 2.24) is 14.6 Å². The molecule has 3 rings (SSSR count). The minimum absolute atomic E-state index is 0. The summed E-state index contributed by atoms with van der Waals surface area (Å²) in [6, 6.07) is 9.52. The van der Waals surface area contributed by atoms with Gasteiger partial charge in [0.15, 0.2) is 0 Å². The highest BCUT2D eigenvalue weighted by Gasteiger charge is 2.31. The van der Waals surface area contributed by atoms with Crippen LogP contribution in [0.1, 0.15) is 12.0 Å². The minimum Gasteiger partial charge on any atom is -0.319 e. The largest absolute Gasteiger partial charge is 0.319 e. The Bertz CT molecular complexity index is 762. The van der Waals surface area contributed by atoms with Crippen LogP contribution in [0.2, 0.25) is 0 Å². The first-order valence-electron chi connectivity index (χ1n) is 7.55. The summed E-state index contributed by atoms with van der Waals surface area (Å²) in [6.07, 6.45) is 2.63. The molecular weight excluding hydrogens is 334 g/mol. The predicted molar refractivity (Wildman–Crippen MR) is 95.2 cm³/mol. The van der Waals surface area contributed by atoms with Gasteiger partial charge >= 0.3 is 0 Å². The van der Waals surface area contributed by atoms with E-state index in [9.17, 15) is 8.42 Å². The topological polar surface area (TPSA) is 62.3 Å². The van der Waals surface area contributed by atoms with Crippen LogP contribution in [0.25, 0.3) is 10.9 Å². The number of pyridine rings is 1. The molecule has 0 aliphatic carbocycles. The molecule has 0 radical (unpaired) electrons. The highest BCUT2D eigenvalue weighted by atomic mass is 35.5. The summed E-state index contributed by atoms with van der Waals surface area (Å²) < 4.78 is 27.0. The molecule has 1 N–H and O–H groups in total. The number of para-hydroxylation sites is 1. The van der Waals surface area contributed by atoms with E-state index in [0.29, 0.717) is 19.0 Å². The summed E-state index contributed by atoms with van der Waals surface area (Å²) in [5.41, 5.74) is 1.55. The van der Waals surface area contributed by atoms with Crippen LogP contribution in [-0.4, -0.2) is 44.4 Å². The van der Waals surface area contributed by atoms with E-state index in [1.807, 2.05) is 37.4 Å². The van der Waals surface area contributed by atoms with Gasteiger partial charge in [-0.15, -0.1) is 12.4 Å². The molecule has 0 saturated carbocycles. The van der Waals surface area contributed by atoms with Gasteiger partial charge in [0.05, 0.1) is 11.3 Å². The summed E-state index contributed by atoms with van der Waals surface area (Å²) in [4.78, 5) is 4.34. The van der Waals surface area contributed by atoms with E-state index in [4.69, 9.17) is 0 Å². The van der Waals surface area contributed by atoms with Crippen LogP contribution in [0.3, 0.4) is 0 Å². The second-order valence-corrected chi connectivity index (χ2v) is 7.79. The van der Waals surface area contributed by atoms with E-state index >= 15 is 0 Å². The average molecular weight is 356 g/mol. The van der Waals surface area contributed by atoms with Crippen molar-refractivity contribution in [2.24, 2.45) is 5.92 Å². The summed E-state index contributed by atoms with van der Waals surface area (Å²) in [7, 11) is -1.39. The Balaban J connectivity index is 0.00000192. The van der Waals surface area contributed by atoms with Gasteiger partial charge in [0.2, 0.25) is 10.0 Å². The number of nitrogens with one attached hydrogen (secondary N) is 1. The SMILES string of the molecule is CNCC1CCN(S(=O)(=O)Cc2cccc3cccnc23)C1.Cl. The Morgan fingerprint density at radius 2 is 2.09 bits per heavy atom. The Morgan fingerprint density at radius 1 is 1.30 bits per heavy atom. The highest BCUT2D eigenvalue weighted by molar-refractivity contribution is 7.88. The van der Waals surface area contributed by atoms with Crippen molar-refractivity contribution in [1.29, 1.82) is 0 Å². The van der Waals surface area contributed by atoms with Crippen molar-refractivity contribution in [3.63, 3.8) is 0 Å². The molecule has 1 aromatic carbocycles. The lowest BCUT2D eigenvalue weighted by atomic mass is 10.1. The third-order valence-electron chi connectivity index (χ3n) is 4.19. The Kier molecular flexibility index (Phi) is 5.97. The zero-order valence-electron chi connectivity index (χ0n) is 13.1. The Morgan fingerprint density at radius 3 is 2.87 bits per heavy atom. The fourth-order valence-corrected chi connectivity index (χ4v) is 4.71. The summed E-state index contributed by atoms with van der Waals surface area (Å²) in [5, 5.41) is 4.10. The molecule has 1 aliphatic rings. The molecule has 2 aromatic rings. The highest BCUT2D eigenvalue weighted by Crippen LogP contribution is 2.24. The maximum Gasteiger partial charge on any atom is 0.218 e. The van der Waals surface area contributed by atoms with Crippen molar-refractivity contribution < 1.29 is 8.42 Å². The lowest BCUT2D eigenvalue weighted by molar-refractivity contribution is 0.450. The number of halogens is 1. The average Bonchev–Trinajstić information content (AvgIpc) is 2.97. The molecule has 23 heavy (non-hydrogen) atoms. The number of benzene rings is 1. The van der Waals surface area contributed by atoms with Gasteiger partial charge in [-0.2, -0.15) is 0 Å². The Labute approximate surface area is 143 Å². The van der Waals surface area contributed by atoms with Crippen molar-refractivity contribution >= 4 is 33.3 Å². The fraction of sp³-hybridized carbons (Fsp3) is 0.438. The molecule has 1 saturated heterocycles. The first-order valence-corrected chi connectivity index (χ1v) is 9.16. The molecule has 2 heterocycles. The number of hydrogen-bond donors (Lipinski definition) is 1. The lowest BCUT2D eigenvalue weighted by Crippen LogP contribution is -2.31. The molecule has 1 unspecified atom stereocenters. The van der Waals surface area contributed by atoms with Crippen molar-refractivity contribution in [2.75, 3.05) is 26.7 Å². The molecule has 1 aromatic heterocycles. The predicted octanol–water partition coefficient (Wildman–Crippen LogP) is 2.03. The van der Waals surface area contributed by atoms with Gasteiger partial charge in [-0.3, -0.25) is 4.98 Å². The van der Waals surface area contributed by atoms with E-state index in [1.165, 1.54) is 0 Å². The zero-order chi connectivity index (χ0) is 15.6. The van der Waals surface area contributed by atoms with Gasteiger partial charge in [0.25, 0.3) is 0 Å². The van der Waals surface area contributed by atoms with Crippen LogP contribution in [0.4, 0.5) is 0 Å². The molecule has 126 valence electrons. The maximum atomic E-state index is 12.7. The van der Waals surface area contributed by atoms with Crippen molar-refractivity contribution in [3.05, 3.63) is 42.1 Å². The number of aromatic nitrogens is 1. The molecule has 0 spiro atoms. The number of fused-ring (bicyclic) bond motifs is 1. The maximum absolute atomic E-state index is 12.7. The Hall–Kier alpha value is -1.21. The number of sulfonamides is 1. The third kappa shape index (κ3) is 4.01. The van der Waals surface area contributed by atoms with Crippen LogP contribution in [0.15, 0.2) is 36.5 Å². The van der Waals surface area contributed by atoms with E-state index < -0.39 is 10.0 Å². The number of rotatable bonds is 5. The van der Waals surface area contributed by atoms with Crippen molar-refractivity contribution in [3.8, 4) is 0 Å². The smallest absolute Gasteiger partial charge is 0.218 e. The van der Waals surface area contributed by atoms with E-state index in [2.05, 4.69) is 10.3 Å². The second-order valence-electron chi connectivity index (χ2n) is 5.82. The minimum atomic E-state index is -3.29. The molecule has 5 nitrogen and oxygen atoms in total. The van der Waals surface area contributed by atoms with Crippen LogP contribution in [0, 0.1) is 5.92 Å². The first kappa shape index (κ1) is 18.1. The zero-order valence-corrected chi connectivity index (χ0v) is 14.7. The molecular formula is C16H22ClN3O2S. The summed E-state index contributed by atoms with van der Waals surface area (Å²) >= 11 is 0. The van der Waals surface area contributed by atoms with Crippen LogP contribution in [-0.2, 0) is 15.8 Å². The quantitative estimate of drug-likeness (QED) is 0.891. The standard InChI is InChI=1S/C16H21N3O2S.ClH/c1-17-10-13-7-9-19(11-13)22(20,21)12-15-5-2-4-14-6-3-8-18-16(14)15;/h2-6,8,13,17H,7,9-12H2,1H3;1H. The van der Waals surface area contributed by atoms with E-state index in [-0.39, 0.29) is 18.2 Å². The fourth-order valence-electron chi connectivity index (χ4n) is 3.08. The first-order chi connectivity index (χ1) is 10.6. The van der Waals surface area contributed by atoms with Crippen LogP contribution >= 0.6 is 12.4 Å². The van der Waals surface area contributed by atoms with Crippen molar-refractivity contribution in [2.45, 2.75) is 12.2 Å². The van der Waals surface area contributed by atoms with E-state index in [0.717, 1.165) is 29.4 Å². The normalized spacial score (nSPS) is 18.9. The van der Waals surface area contributed by atoms with Gasteiger partial charge in [0.1, 0.15) is 0 Å². The monoisotopic (exact) mass is 355 g/mol. The van der Waals surface area contributed by atoms with Crippen LogP contribution in [0.5, 0.6) is 0 Å². The summed E-state index contributed by atoms with van der Waals surface area (Å²) in [5.74, 6) is 0.429. The molecule has 1 atom stereocenters. The van der Waals surface area contributed by atoms with Gasteiger partial charge in [-0.1, -0.05) is 24.3 Å². The molecule has 7 heteroatoms. The molecule has 1 fully saturated rings. The molecule has 1 aliphatic heterocycles. The number of hydrogen-bond acceptors (Lipinski definition) is 4. The second kappa shape index (κ2) is 7.57. The van der Waals surface area contributed by atoms with Gasteiger partial charge in [-0.05, 0) is 37.6 Å². The van der Waals surface area contributed by atoms with Gasteiger partial charge in [0, 0.05) is 24.7 Å². The lowest BCUT2D eigenvalue weighted by Gasteiger charge is -2.17. The number of nitrogens with zero attached hydrogens (tertiary/aromatic N) is 2. The van der Waals surface area contributed by atoms with Gasteiger partial charge in [-0.25, -0.2) is 12.7 Å². The molecule has 0 bridgehead atoms. The van der Waals surface area contributed by atoms with Crippen LogP contribution < -0.4 is 5.32 Å². The summed E-state index contributed by atoms with van der Waals surface area (Å²) in [6.45, 7) is 2.09. The third-order valence-corrected chi connectivity index (χ3v) is 5.98. The molecule has 0 amide bonds. The van der Waals surface area contributed by atoms with E-state index in [1.54, 1.807) is 10.5 Å².